The minimum absolute atomic E-state index is 0.0125. The molecule has 1 aliphatic rings. The molecule has 0 aliphatic heterocycles. The molecule has 0 saturated heterocycles. The van der Waals surface area contributed by atoms with Gasteiger partial charge in [0.2, 0.25) is 5.67 Å². The molecule has 27 heavy (non-hydrogen) atoms. The Morgan fingerprint density at radius 3 is 2.89 bits per heavy atom. The van der Waals surface area contributed by atoms with E-state index in [0.717, 1.165) is 6.07 Å². The Hall–Kier alpha value is -2.09. The van der Waals surface area contributed by atoms with E-state index in [-0.39, 0.29) is 42.3 Å². The van der Waals surface area contributed by atoms with E-state index in [1.807, 2.05) is 0 Å². The zero-order valence-corrected chi connectivity index (χ0v) is 15.4. The van der Waals surface area contributed by atoms with Crippen LogP contribution in [0.5, 0.6) is 0 Å². The summed E-state index contributed by atoms with van der Waals surface area (Å²) in [4.78, 5) is 16.8. The minimum atomic E-state index is -2.35. The summed E-state index contributed by atoms with van der Waals surface area (Å²) in [7, 11) is 1.43. The van der Waals surface area contributed by atoms with Crippen molar-refractivity contribution in [3.05, 3.63) is 64.2 Å². The first-order valence-corrected chi connectivity index (χ1v) is 8.76. The molecular weight excluding hydrogens is 378 g/mol. The van der Waals surface area contributed by atoms with Crippen molar-refractivity contribution in [2.75, 3.05) is 13.7 Å². The molecule has 1 heterocycles. The summed E-state index contributed by atoms with van der Waals surface area (Å²) < 4.78 is 33.9. The molecule has 0 fully saturated rings. The predicted octanol–water partition coefficient (Wildman–Crippen LogP) is 2.98. The molecule has 2 N–H and O–H groups in total. The number of hydrogen-bond acceptors (Lipinski definition) is 4. The molecule has 2 atom stereocenters. The SMILES string of the molecule is COC[C@]1(O)CC[C@@](F)(C(=O)NCc2ccc(F)cc2Cl)c2cccnc21. The number of carbonyl (C=O) groups excluding carboxylic acids is 1. The molecule has 5 nitrogen and oxygen atoms in total. The van der Waals surface area contributed by atoms with Crippen molar-refractivity contribution in [1.29, 1.82) is 0 Å². The third-order valence-electron chi connectivity index (χ3n) is 4.76. The van der Waals surface area contributed by atoms with Crippen LogP contribution >= 0.6 is 11.6 Å². The third-order valence-corrected chi connectivity index (χ3v) is 5.11. The molecule has 1 aromatic carbocycles. The van der Waals surface area contributed by atoms with Crippen molar-refractivity contribution < 1.29 is 23.4 Å². The van der Waals surface area contributed by atoms with Crippen molar-refractivity contribution in [1.82, 2.24) is 10.3 Å². The van der Waals surface area contributed by atoms with Crippen molar-refractivity contribution in [2.24, 2.45) is 0 Å². The fraction of sp³-hybridized carbons (Fsp3) is 0.368. The summed E-state index contributed by atoms with van der Waals surface area (Å²) in [6, 6.07) is 6.71. The number of hydrogen-bond donors (Lipinski definition) is 2. The number of ether oxygens (including phenoxy) is 1. The van der Waals surface area contributed by atoms with Crippen LogP contribution in [0.4, 0.5) is 8.78 Å². The Morgan fingerprint density at radius 2 is 2.19 bits per heavy atom. The number of aromatic nitrogens is 1. The first kappa shape index (κ1) is 19.7. The fourth-order valence-electron chi connectivity index (χ4n) is 3.32. The van der Waals surface area contributed by atoms with Gasteiger partial charge in [-0.1, -0.05) is 23.7 Å². The Balaban J connectivity index is 1.85. The van der Waals surface area contributed by atoms with Crippen LogP contribution in [-0.2, 0) is 27.3 Å². The summed E-state index contributed by atoms with van der Waals surface area (Å²) in [6.07, 6.45) is 1.18. The average molecular weight is 397 g/mol. The molecule has 0 unspecified atom stereocenters. The molecule has 1 amide bonds. The van der Waals surface area contributed by atoms with Crippen LogP contribution in [0.15, 0.2) is 36.5 Å². The van der Waals surface area contributed by atoms with E-state index in [1.165, 1.54) is 37.6 Å². The van der Waals surface area contributed by atoms with Gasteiger partial charge in [-0.25, -0.2) is 8.78 Å². The number of carbonyl (C=O) groups is 1. The largest absolute Gasteiger partial charge is 0.381 e. The summed E-state index contributed by atoms with van der Waals surface area (Å²) >= 11 is 5.94. The van der Waals surface area contributed by atoms with Gasteiger partial charge in [0.15, 0.2) is 0 Å². The van der Waals surface area contributed by atoms with Crippen molar-refractivity contribution in [2.45, 2.75) is 30.7 Å². The number of alkyl halides is 1. The number of nitrogens with zero attached hydrogens (tertiary/aromatic N) is 1. The van der Waals surface area contributed by atoms with Gasteiger partial charge in [0.05, 0.1) is 12.3 Å². The Kier molecular flexibility index (Phi) is 5.46. The number of amides is 1. The Morgan fingerprint density at radius 1 is 1.41 bits per heavy atom. The lowest BCUT2D eigenvalue weighted by Crippen LogP contribution is -2.49. The lowest BCUT2D eigenvalue weighted by Gasteiger charge is -2.39. The monoisotopic (exact) mass is 396 g/mol. The van der Waals surface area contributed by atoms with Crippen molar-refractivity contribution in [3.8, 4) is 0 Å². The number of methoxy groups -OCH3 is 1. The van der Waals surface area contributed by atoms with Crippen LogP contribution in [0.2, 0.25) is 5.02 Å². The highest BCUT2D eigenvalue weighted by Gasteiger charge is 2.51. The summed E-state index contributed by atoms with van der Waals surface area (Å²) in [6.45, 7) is -0.110. The number of nitrogens with one attached hydrogen (secondary N) is 1. The third kappa shape index (κ3) is 3.67. The normalized spacial score (nSPS) is 24.3. The topological polar surface area (TPSA) is 71.5 Å². The maximum atomic E-state index is 15.7. The van der Waals surface area contributed by atoms with E-state index in [9.17, 15) is 14.3 Å². The highest BCUT2D eigenvalue weighted by atomic mass is 35.5. The molecule has 2 aromatic rings. The first-order valence-electron chi connectivity index (χ1n) is 8.38. The van der Waals surface area contributed by atoms with Crippen LogP contribution in [0.1, 0.15) is 29.7 Å². The summed E-state index contributed by atoms with van der Waals surface area (Å²) in [5.74, 6) is -1.36. The molecule has 0 spiro atoms. The zero-order chi connectivity index (χ0) is 19.7. The maximum absolute atomic E-state index is 15.7. The van der Waals surface area contributed by atoms with Crippen molar-refractivity contribution >= 4 is 17.5 Å². The lowest BCUT2D eigenvalue weighted by atomic mass is 9.74. The lowest BCUT2D eigenvalue weighted by molar-refractivity contribution is -0.138. The maximum Gasteiger partial charge on any atom is 0.262 e. The number of rotatable bonds is 5. The van der Waals surface area contributed by atoms with Gasteiger partial charge in [0.25, 0.3) is 5.91 Å². The predicted molar refractivity (Wildman–Crippen MR) is 95.3 cm³/mol. The molecule has 0 bridgehead atoms. The van der Waals surface area contributed by atoms with Gasteiger partial charge in [-0.15, -0.1) is 0 Å². The molecule has 1 aliphatic carbocycles. The Labute approximate surface area is 160 Å². The van der Waals surface area contributed by atoms with E-state index in [2.05, 4.69) is 10.3 Å². The number of benzene rings is 1. The number of aliphatic hydroxyl groups is 1. The summed E-state index contributed by atoms with van der Waals surface area (Å²) in [5.41, 5.74) is -3.24. The van der Waals surface area contributed by atoms with E-state index in [1.54, 1.807) is 0 Å². The molecule has 144 valence electrons. The van der Waals surface area contributed by atoms with Crippen LogP contribution < -0.4 is 5.32 Å². The number of halogens is 3. The minimum Gasteiger partial charge on any atom is -0.381 e. The van der Waals surface area contributed by atoms with Gasteiger partial charge in [0.1, 0.15) is 11.4 Å². The van der Waals surface area contributed by atoms with Crippen LogP contribution in [0, 0.1) is 5.82 Å². The van der Waals surface area contributed by atoms with Crippen LogP contribution in [0.3, 0.4) is 0 Å². The standard InChI is InChI=1S/C19H19ClF2N2O3/c1-27-11-18(26)6-7-19(22,14-3-2-8-23-16(14)18)17(25)24-10-12-4-5-13(21)9-15(12)20/h2-5,8-9,26H,6-7,10-11H2,1H3,(H,24,25)/t18-,19+/m1/s1. The average Bonchev–Trinajstić information content (AvgIpc) is 2.65. The van der Waals surface area contributed by atoms with Gasteiger partial charge in [0, 0.05) is 30.4 Å². The number of fused-ring (bicyclic) bond motifs is 1. The molecular formula is C19H19ClF2N2O3. The second kappa shape index (κ2) is 7.50. The van der Waals surface area contributed by atoms with Crippen molar-refractivity contribution in [3.63, 3.8) is 0 Å². The molecule has 0 saturated carbocycles. The quantitative estimate of drug-likeness (QED) is 0.815. The van der Waals surface area contributed by atoms with Gasteiger partial charge in [-0.2, -0.15) is 0 Å². The van der Waals surface area contributed by atoms with Crippen LogP contribution in [0.25, 0.3) is 0 Å². The zero-order valence-electron chi connectivity index (χ0n) is 14.6. The number of pyridine rings is 1. The van der Waals surface area contributed by atoms with Crippen LogP contribution in [-0.4, -0.2) is 29.7 Å². The van der Waals surface area contributed by atoms with Gasteiger partial charge in [-0.05, 0) is 36.6 Å². The highest BCUT2D eigenvalue weighted by Crippen LogP contribution is 2.45. The summed E-state index contributed by atoms with van der Waals surface area (Å²) in [5, 5.41) is 13.4. The molecule has 3 rings (SSSR count). The molecule has 8 heteroatoms. The van der Waals surface area contributed by atoms with Gasteiger partial charge in [-0.3, -0.25) is 9.78 Å². The highest BCUT2D eigenvalue weighted by molar-refractivity contribution is 6.31. The van der Waals surface area contributed by atoms with E-state index in [4.69, 9.17) is 16.3 Å². The second-order valence-corrected chi connectivity index (χ2v) is 6.99. The Bertz CT molecular complexity index is 867. The van der Waals surface area contributed by atoms with E-state index in [0.29, 0.717) is 5.56 Å². The van der Waals surface area contributed by atoms with E-state index >= 15 is 4.39 Å². The molecule has 1 aromatic heterocycles. The van der Waals surface area contributed by atoms with E-state index < -0.39 is 23.0 Å². The fourth-order valence-corrected chi connectivity index (χ4v) is 3.56. The van der Waals surface area contributed by atoms with Gasteiger partial charge >= 0.3 is 0 Å². The first-order chi connectivity index (χ1) is 12.8. The smallest absolute Gasteiger partial charge is 0.262 e. The van der Waals surface area contributed by atoms with Gasteiger partial charge < -0.3 is 15.2 Å². The second-order valence-electron chi connectivity index (χ2n) is 6.58. The molecule has 0 radical (unpaired) electrons.